The Balaban J connectivity index is 0.914. The number of carbonyl (C=O) groups excluding carboxylic acids is 1. The Labute approximate surface area is 255 Å². The second-order valence-electron chi connectivity index (χ2n) is 14.2. The molecule has 230 valence electrons. The Morgan fingerprint density at radius 1 is 0.814 bits per heavy atom. The average Bonchev–Trinajstić information content (AvgIpc) is 3.02. The summed E-state index contributed by atoms with van der Waals surface area (Å²) in [5.74, 6) is 1.45. The summed E-state index contributed by atoms with van der Waals surface area (Å²) >= 11 is 0. The molecule has 3 N–H and O–H groups in total. The van der Waals surface area contributed by atoms with E-state index in [9.17, 15) is 9.90 Å². The topological polar surface area (TPSA) is 80.3 Å². The van der Waals surface area contributed by atoms with Gasteiger partial charge < -0.3 is 30.3 Å². The number of fused-ring (bicyclic) bond motifs is 1. The van der Waals surface area contributed by atoms with Crippen LogP contribution in [-0.4, -0.2) is 74.3 Å². The second kappa shape index (κ2) is 11.3. The zero-order valence-corrected chi connectivity index (χ0v) is 25.3. The smallest absolute Gasteiger partial charge is 0.322 e. The highest BCUT2D eigenvalue weighted by Gasteiger charge is 2.55. The summed E-state index contributed by atoms with van der Waals surface area (Å²) in [6, 6.07) is 17.5. The molecule has 2 aromatic rings. The molecule has 43 heavy (non-hydrogen) atoms. The first-order chi connectivity index (χ1) is 21.0. The van der Waals surface area contributed by atoms with Gasteiger partial charge in [0.2, 0.25) is 0 Å². The Bertz CT molecular complexity index is 1290. The van der Waals surface area contributed by atoms with Crippen LogP contribution in [0.1, 0.15) is 57.8 Å². The molecule has 4 saturated carbocycles. The number of ether oxygens (including phenoxy) is 1. The summed E-state index contributed by atoms with van der Waals surface area (Å²) in [6.45, 7) is 5.63. The Morgan fingerprint density at radius 2 is 1.47 bits per heavy atom. The van der Waals surface area contributed by atoms with Crippen molar-refractivity contribution in [3.63, 3.8) is 0 Å². The fourth-order valence-corrected chi connectivity index (χ4v) is 9.58. The van der Waals surface area contributed by atoms with Crippen LogP contribution in [0, 0.1) is 17.8 Å². The molecule has 3 heterocycles. The molecular formula is C35H47N5O3. The van der Waals surface area contributed by atoms with Crippen molar-refractivity contribution in [1.82, 2.24) is 10.6 Å². The SMILES string of the molecule is O=C(NC1[C@@H]2CC3C[C@H]1CC(O)(C3)C2)N1CCN(c2ccc(N3CCC(OC4CCNCC4)CC3)cc2)c2ccccc21. The van der Waals surface area contributed by atoms with Crippen molar-refractivity contribution in [1.29, 1.82) is 0 Å². The first-order valence-electron chi connectivity index (χ1n) is 16.9. The third kappa shape index (κ3) is 5.40. The fourth-order valence-electron chi connectivity index (χ4n) is 9.58. The maximum absolute atomic E-state index is 13.7. The molecular weight excluding hydrogens is 538 g/mol. The minimum Gasteiger partial charge on any atom is -0.390 e. The van der Waals surface area contributed by atoms with E-state index in [1.54, 1.807) is 0 Å². The number of nitrogens with one attached hydrogen (secondary N) is 2. The Morgan fingerprint density at radius 3 is 2.16 bits per heavy atom. The first-order valence-corrected chi connectivity index (χ1v) is 16.9. The molecule has 0 radical (unpaired) electrons. The molecule has 3 aliphatic heterocycles. The number of hydrogen-bond acceptors (Lipinski definition) is 6. The van der Waals surface area contributed by atoms with Crippen molar-refractivity contribution in [3.8, 4) is 0 Å². The lowest BCUT2D eigenvalue weighted by atomic mass is 9.52. The van der Waals surface area contributed by atoms with Crippen molar-refractivity contribution < 1.29 is 14.6 Å². The molecule has 4 bridgehead atoms. The highest BCUT2D eigenvalue weighted by molar-refractivity contribution is 5.98. The van der Waals surface area contributed by atoms with Gasteiger partial charge in [-0.15, -0.1) is 0 Å². The number of urea groups is 1. The molecule has 0 aromatic heterocycles. The largest absolute Gasteiger partial charge is 0.390 e. The lowest BCUT2D eigenvalue weighted by molar-refractivity contribution is -0.136. The van der Waals surface area contributed by atoms with Crippen LogP contribution in [0.15, 0.2) is 48.5 Å². The van der Waals surface area contributed by atoms with Crippen molar-refractivity contribution in [2.75, 3.05) is 54.0 Å². The van der Waals surface area contributed by atoms with E-state index < -0.39 is 5.60 Å². The Kier molecular flexibility index (Phi) is 7.27. The van der Waals surface area contributed by atoms with Gasteiger partial charge in [-0.05, 0) is 125 Å². The lowest BCUT2D eigenvalue weighted by Gasteiger charge is -2.58. The molecule has 2 amide bonds. The van der Waals surface area contributed by atoms with E-state index in [4.69, 9.17) is 4.74 Å². The van der Waals surface area contributed by atoms with E-state index >= 15 is 0 Å². The first kappa shape index (κ1) is 27.7. The number of anilines is 4. The minimum atomic E-state index is -0.483. The van der Waals surface area contributed by atoms with E-state index in [1.165, 1.54) is 5.69 Å². The standard InChI is InChI=1S/C35H47N5O3/c41-34(37-33-25-19-24-20-26(33)23-35(42,21-24)22-25)40-18-17-39(31-3-1-2-4-32(31)40)28-7-5-27(6-8-28)38-15-11-30(12-16-38)43-29-9-13-36-14-10-29/h1-8,24-26,29-30,33,36,42H,9-23H2,(H,37,41)/t24?,25-,26+,33?,35?. The van der Waals surface area contributed by atoms with Crippen LogP contribution in [-0.2, 0) is 4.74 Å². The van der Waals surface area contributed by atoms with Crippen LogP contribution in [0.4, 0.5) is 27.5 Å². The van der Waals surface area contributed by atoms with Crippen LogP contribution in [0.3, 0.4) is 0 Å². The predicted octanol–water partition coefficient (Wildman–Crippen LogP) is 5.03. The predicted molar refractivity (Wildman–Crippen MR) is 170 cm³/mol. The van der Waals surface area contributed by atoms with Gasteiger partial charge in [0.1, 0.15) is 0 Å². The van der Waals surface area contributed by atoms with E-state index in [-0.39, 0.29) is 12.1 Å². The monoisotopic (exact) mass is 585 g/mol. The molecule has 0 spiro atoms. The molecule has 2 saturated heterocycles. The van der Waals surface area contributed by atoms with Crippen LogP contribution in [0.5, 0.6) is 0 Å². The summed E-state index contributed by atoms with van der Waals surface area (Å²) in [6.07, 6.45) is 10.2. The zero-order valence-electron chi connectivity index (χ0n) is 25.3. The van der Waals surface area contributed by atoms with Gasteiger partial charge in [-0.1, -0.05) is 12.1 Å². The van der Waals surface area contributed by atoms with Gasteiger partial charge in [0.25, 0.3) is 0 Å². The number of nitrogens with zero attached hydrogens (tertiary/aromatic N) is 3. The quantitative estimate of drug-likeness (QED) is 0.457. The number of para-hydroxylation sites is 2. The zero-order chi connectivity index (χ0) is 29.0. The molecule has 6 fully saturated rings. The van der Waals surface area contributed by atoms with Gasteiger partial charge >= 0.3 is 6.03 Å². The molecule has 7 aliphatic rings. The number of benzene rings is 2. The van der Waals surface area contributed by atoms with Crippen molar-refractivity contribution in [2.24, 2.45) is 17.8 Å². The summed E-state index contributed by atoms with van der Waals surface area (Å²) in [5.41, 5.74) is 3.99. The third-order valence-corrected chi connectivity index (χ3v) is 11.4. The summed E-state index contributed by atoms with van der Waals surface area (Å²) in [5, 5.41) is 17.9. The number of piperidine rings is 2. The lowest BCUT2D eigenvalue weighted by Crippen LogP contribution is -2.63. The molecule has 3 unspecified atom stereocenters. The number of aliphatic hydroxyl groups is 1. The molecule has 8 nitrogen and oxygen atoms in total. The average molecular weight is 586 g/mol. The van der Waals surface area contributed by atoms with E-state index in [1.807, 2.05) is 11.0 Å². The van der Waals surface area contributed by atoms with Crippen LogP contribution in [0.25, 0.3) is 0 Å². The van der Waals surface area contributed by atoms with Crippen LogP contribution >= 0.6 is 0 Å². The van der Waals surface area contributed by atoms with Crippen molar-refractivity contribution >= 4 is 28.8 Å². The number of amides is 2. The number of rotatable bonds is 5. The van der Waals surface area contributed by atoms with Crippen LogP contribution < -0.4 is 25.3 Å². The van der Waals surface area contributed by atoms with Gasteiger partial charge in [0.05, 0.1) is 29.2 Å². The van der Waals surface area contributed by atoms with Gasteiger partial charge in [0.15, 0.2) is 0 Å². The summed E-state index contributed by atoms with van der Waals surface area (Å²) in [7, 11) is 0. The number of hydrogen-bond donors (Lipinski definition) is 3. The maximum atomic E-state index is 13.7. The van der Waals surface area contributed by atoms with Gasteiger partial charge in [-0.25, -0.2) is 4.79 Å². The molecule has 4 aliphatic carbocycles. The number of carbonyl (C=O) groups is 1. The molecule has 2 aromatic carbocycles. The van der Waals surface area contributed by atoms with E-state index in [0.717, 1.165) is 108 Å². The summed E-state index contributed by atoms with van der Waals surface area (Å²) < 4.78 is 6.43. The van der Waals surface area contributed by atoms with E-state index in [0.29, 0.717) is 36.5 Å². The molecule has 8 heteroatoms. The van der Waals surface area contributed by atoms with Crippen molar-refractivity contribution in [2.45, 2.75) is 81.6 Å². The normalized spacial score (nSPS) is 32.6. The summed E-state index contributed by atoms with van der Waals surface area (Å²) in [4.78, 5) is 20.5. The minimum absolute atomic E-state index is 0.0134. The third-order valence-electron chi connectivity index (χ3n) is 11.4. The Hall–Kier alpha value is -2.81. The second-order valence-corrected chi connectivity index (χ2v) is 14.2. The van der Waals surface area contributed by atoms with Crippen LogP contribution in [0.2, 0.25) is 0 Å². The molecule has 9 rings (SSSR count). The molecule has 5 atom stereocenters. The fraction of sp³-hybridized carbons (Fsp3) is 0.629. The van der Waals surface area contributed by atoms with Gasteiger partial charge in [-0.2, -0.15) is 0 Å². The van der Waals surface area contributed by atoms with E-state index in [2.05, 4.69) is 62.9 Å². The maximum Gasteiger partial charge on any atom is 0.322 e. The van der Waals surface area contributed by atoms with Gasteiger partial charge in [-0.3, -0.25) is 4.90 Å². The highest BCUT2D eigenvalue weighted by Crippen LogP contribution is 2.55. The van der Waals surface area contributed by atoms with Crippen molar-refractivity contribution in [3.05, 3.63) is 48.5 Å². The highest BCUT2D eigenvalue weighted by atomic mass is 16.5. The van der Waals surface area contributed by atoms with Gasteiger partial charge in [0, 0.05) is 43.6 Å².